The summed E-state index contributed by atoms with van der Waals surface area (Å²) in [5.41, 5.74) is 1.13. The molecule has 2 heterocycles. The Kier molecular flexibility index (Phi) is 7.18. The Morgan fingerprint density at radius 3 is 2.79 bits per heavy atom. The van der Waals surface area contributed by atoms with Gasteiger partial charge in [0.15, 0.2) is 0 Å². The lowest BCUT2D eigenvalue weighted by molar-refractivity contribution is -0.146. The molecular weight excluding hydrogens is 306 g/mol. The molecule has 1 amide bonds. The minimum Gasteiger partial charge on any atom is -0.466 e. The molecule has 0 radical (unpaired) electrons. The van der Waals surface area contributed by atoms with E-state index in [0.29, 0.717) is 26.1 Å². The number of likely N-dealkylation sites (tertiary alicyclic amines) is 1. The molecule has 1 aliphatic heterocycles. The minimum atomic E-state index is -0.215. The smallest absolute Gasteiger partial charge is 0.307 e. The first-order valence-corrected chi connectivity index (χ1v) is 8.62. The third-order valence-electron chi connectivity index (χ3n) is 4.26. The summed E-state index contributed by atoms with van der Waals surface area (Å²) < 4.78 is 5.04. The lowest BCUT2D eigenvalue weighted by Gasteiger charge is -2.36. The summed E-state index contributed by atoms with van der Waals surface area (Å²) in [5.74, 6) is -0.132. The van der Waals surface area contributed by atoms with Crippen molar-refractivity contribution in [1.29, 1.82) is 0 Å². The van der Waals surface area contributed by atoms with Crippen molar-refractivity contribution in [3.05, 3.63) is 30.1 Å². The Morgan fingerprint density at radius 2 is 2.08 bits per heavy atom. The third kappa shape index (κ3) is 5.60. The summed E-state index contributed by atoms with van der Waals surface area (Å²) in [6, 6.07) is 3.87. The Labute approximate surface area is 143 Å². The van der Waals surface area contributed by atoms with Gasteiger partial charge in [0.05, 0.1) is 19.6 Å². The number of ether oxygens (including phenoxy) is 1. The molecule has 1 aromatic heterocycles. The second kappa shape index (κ2) is 9.37. The van der Waals surface area contributed by atoms with Gasteiger partial charge in [-0.2, -0.15) is 0 Å². The normalized spacial score (nSPS) is 17.8. The van der Waals surface area contributed by atoms with Crippen molar-refractivity contribution in [3.63, 3.8) is 0 Å². The molecule has 0 bridgehead atoms. The monoisotopic (exact) mass is 333 g/mol. The van der Waals surface area contributed by atoms with Gasteiger partial charge in [-0.05, 0) is 50.9 Å². The van der Waals surface area contributed by atoms with Crippen LogP contribution < -0.4 is 0 Å². The lowest BCUT2D eigenvalue weighted by Crippen LogP contribution is -2.48. The van der Waals surface area contributed by atoms with Crippen LogP contribution in [0.3, 0.4) is 0 Å². The molecule has 0 aromatic carbocycles. The fraction of sp³-hybridized carbons (Fsp3) is 0.611. The van der Waals surface area contributed by atoms with Crippen molar-refractivity contribution >= 4 is 11.9 Å². The van der Waals surface area contributed by atoms with Crippen molar-refractivity contribution in [2.45, 2.75) is 45.2 Å². The second-order valence-electron chi connectivity index (χ2n) is 6.27. The van der Waals surface area contributed by atoms with E-state index < -0.39 is 0 Å². The maximum absolute atomic E-state index is 12.7. The summed E-state index contributed by atoms with van der Waals surface area (Å²) in [4.78, 5) is 32.3. The first kappa shape index (κ1) is 18.4. The first-order valence-electron chi connectivity index (χ1n) is 8.62. The maximum atomic E-state index is 12.7. The van der Waals surface area contributed by atoms with Gasteiger partial charge in [0, 0.05) is 31.5 Å². The number of pyridine rings is 1. The number of hydrogen-bond donors (Lipinski definition) is 0. The molecule has 1 atom stereocenters. The average molecular weight is 333 g/mol. The van der Waals surface area contributed by atoms with Crippen molar-refractivity contribution < 1.29 is 14.3 Å². The van der Waals surface area contributed by atoms with Gasteiger partial charge < -0.3 is 9.64 Å². The Bertz CT molecular complexity index is 536. The number of carbonyl (C=O) groups excluding carboxylic acids is 2. The van der Waals surface area contributed by atoms with Gasteiger partial charge in [0.2, 0.25) is 5.91 Å². The summed E-state index contributed by atoms with van der Waals surface area (Å²) in [5, 5.41) is 0. The number of likely N-dealkylation sites (N-methyl/N-ethyl adjacent to an activating group) is 1. The highest BCUT2D eigenvalue weighted by Gasteiger charge is 2.29. The molecule has 24 heavy (non-hydrogen) atoms. The van der Waals surface area contributed by atoms with Gasteiger partial charge in [-0.15, -0.1) is 0 Å². The van der Waals surface area contributed by atoms with Crippen molar-refractivity contribution in [1.82, 2.24) is 14.8 Å². The van der Waals surface area contributed by atoms with Crippen molar-refractivity contribution in [3.8, 4) is 0 Å². The largest absolute Gasteiger partial charge is 0.466 e. The molecular formula is C18H27N3O3. The zero-order valence-electron chi connectivity index (χ0n) is 14.6. The van der Waals surface area contributed by atoms with Crippen LogP contribution >= 0.6 is 0 Å². The van der Waals surface area contributed by atoms with E-state index >= 15 is 0 Å². The second-order valence-corrected chi connectivity index (χ2v) is 6.27. The van der Waals surface area contributed by atoms with Gasteiger partial charge in [-0.25, -0.2) is 0 Å². The number of nitrogens with zero attached hydrogens (tertiary/aromatic N) is 3. The molecule has 6 nitrogen and oxygen atoms in total. The summed E-state index contributed by atoms with van der Waals surface area (Å²) in [6.45, 7) is 3.96. The van der Waals surface area contributed by atoms with E-state index in [1.165, 1.54) is 0 Å². The van der Waals surface area contributed by atoms with Gasteiger partial charge >= 0.3 is 5.97 Å². The summed E-state index contributed by atoms with van der Waals surface area (Å²) >= 11 is 0. The average Bonchev–Trinajstić information content (AvgIpc) is 2.56. The molecule has 1 aromatic rings. The summed E-state index contributed by atoms with van der Waals surface area (Å²) in [7, 11) is 1.93. The van der Waals surface area contributed by atoms with Gasteiger partial charge in [-0.3, -0.25) is 19.5 Å². The van der Waals surface area contributed by atoms with Crippen LogP contribution in [0, 0.1) is 0 Å². The van der Waals surface area contributed by atoms with Crippen LogP contribution in [0.1, 0.15) is 38.2 Å². The SMILES string of the molecule is CCOC(=O)C[C@@H]1CCCCN1C(=O)CN(C)Cc1ccncc1. The van der Waals surface area contributed by atoms with Crippen LogP contribution in [0.4, 0.5) is 0 Å². The van der Waals surface area contributed by atoms with E-state index in [-0.39, 0.29) is 17.9 Å². The number of esters is 1. The van der Waals surface area contributed by atoms with Crippen LogP contribution in [-0.2, 0) is 20.9 Å². The highest BCUT2D eigenvalue weighted by Crippen LogP contribution is 2.20. The number of carbonyl (C=O) groups is 2. The number of rotatable bonds is 7. The molecule has 0 unspecified atom stereocenters. The fourth-order valence-corrected chi connectivity index (χ4v) is 3.13. The number of hydrogen-bond acceptors (Lipinski definition) is 5. The maximum Gasteiger partial charge on any atom is 0.307 e. The van der Waals surface area contributed by atoms with Crippen LogP contribution in [0.2, 0.25) is 0 Å². The molecule has 0 N–H and O–H groups in total. The van der Waals surface area contributed by atoms with Crippen LogP contribution in [0.25, 0.3) is 0 Å². The van der Waals surface area contributed by atoms with E-state index in [0.717, 1.165) is 31.4 Å². The van der Waals surface area contributed by atoms with Crippen molar-refractivity contribution in [2.24, 2.45) is 0 Å². The van der Waals surface area contributed by atoms with Crippen LogP contribution in [-0.4, -0.2) is 59.4 Å². The Balaban J connectivity index is 1.89. The van der Waals surface area contributed by atoms with Gasteiger partial charge in [0.1, 0.15) is 0 Å². The molecule has 0 aliphatic carbocycles. The fourth-order valence-electron chi connectivity index (χ4n) is 3.13. The summed E-state index contributed by atoms with van der Waals surface area (Å²) in [6.07, 6.45) is 6.74. The quantitative estimate of drug-likeness (QED) is 0.713. The van der Waals surface area contributed by atoms with E-state index in [1.54, 1.807) is 19.3 Å². The third-order valence-corrected chi connectivity index (χ3v) is 4.26. The van der Waals surface area contributed by atoms with E-state index in [1.807, 2.05) is 29.0 Å². The highest BCUT2D eigenvalue weighted by atomic mass is 16.5. The van der Waals surface area contributed by atoms with E-state index in [9.17, 15) is 9.59 Å². The van der Waals surface area contributed by atoms with Crippen molar-refractivity contribution in [2.75, 3.05) is 26.7 Å². The van der Waals surface area contributed by atoms with Crippen LogP contribution in [0.5, 0.6) is 0 Å². The number of aromatic nitrogens is 1. The number of piperidine rings is 1. The van der Waals surface area contributed by atoms with Gasteiger partial charge in [-0.1, -0.05) is 0 Å². The molecule has 0 saturated carbocycles. The first-order chi connectivity index (χ1) is 11.6. The predicted octanol–water partition coefficient (Wildman–Crippen LogP) is 1.85. The lowest BCUT2D eigenvalue weighted by atomic mass is 9.99. The molecule has 132 valence electrons. The predicted molar refractivity (Wildman–Crippen MR) is 91.2 cm³/mol. The molecule has 0 spiro atoms. The molecule has 1 fully saturated rings. The molecule has 2 rings (SSSR count). The van der Waals surface area contributed by atoms with Gasteiger partial charge in [0.25, 0.3) is 0 Å². The Hall–Kier alpha value is -1.95. The van der Waals surface area contributed by atoms with E-state index in [4.69, 9.17) is 4.74 Å². The molecule has 1 saturated heterocycles. The minimum absolute atomic E-state index is 0.0281. The Morgan fingerprint density at radius 1 is 1.33 bits per heavy atom. The molecule has 6 heteroatoms. The zero-order chi connectivity index (χ0) is 17.4. The molecule has 1 aliphatic rings. The number of amides is 1. The zero-order valence-corrected chi connectivity index (χ0v) is 14.6. The highest BCUT2D eigenvalue weighted by molar-refractivity contribution is 5.79. The topological polar surface area (TPSA) is 62.7 Å². The standard InChI is InChI=1S/C18H27N3O3/c1-3-24-18(23)12-16-6-4-5-11-21(16)17(22)14-20(2)13-15-7-9-19-10-8-15/h7-10,16H,3-6,11-14H2,1-2H3/t16-/m0/s1. The van der Waals surface area contributed by atoms with Crippen LogP contribution in [0.15, 0.2) is 24.5 Å². The van der Waals surface area contributed by atoms with E-state index in [2.05, 4.69) is 4.98 Å².